The predicted octanol–water partition coefficient (Wildman–Crippen LogP) is 4.58. The lowest BCUT2D eigenvalue weighted by Gasteiger charge is -2.11. The number of nitrogens with one attached hydrogen (secondary N) is 1. The monoisotopic (exact) mass is 478 g/mol. The number of amides is 1. The Morgan fingerprint density at radius 3 is 2.68 bits per heavy atom. The molecule has 7 nitrogen and oxygen atoms in total. The number of aromatic nitrogens is 3. The van der Waals surface area contributed by atoms with Crippen molar-refractivity contribution in [2.24, 2.45) is 0 Å². The molecule has 0 saturated carbocycles. The summed E-state index contributed by atoms with van der Waals surface area (Å²) in [5, 5.41) is 6.83. The largest absolute Gasteiger partial charge is 0.333 e. The van der Waals surface area contributed by atoms with Gasteiger partial charge < -0.3 is 14.4 Å². The van der Waals surface area contributed by atoms with Gasteiger partial charge in [0.15, 0.2) is 0 Å². The molecule has 0 unspecified atom stereocenters. The summed E-state index contributed by atoms with van der Waals surface area (Å²) in [6, 6.07) is 16.5. The van der Waals surface area contributed by atoms with E-state index in [2.05, 4.69) is 31.4 Å². The van der Waals surface area contributed by atoms with Crippen molar-refractivity contribution in [1.29, 1.82) is 0 Å². The van der Waals surface area contributed by atoms with Crippen molar-refractivity contribution in [3.63, 3.8) is 0 Å². The minimum Gasteiger partial charge on any atom is -0.333 e. The molecule has 0 saturated heterocycles. The summed E-state index contributed by atoms with van der Waals surface area (Å²) < 4.78 is 7.57. The van der Waals surface area contributed by atoms with Crippen molar-refractivity contribution in [3.8, 4) is 22.8 Å². The number of anilines is 1. The quantitative estimate of drug-likeness (QED) is 0.453. The third kappa shape index (κ3) is 4.64. The van der Waals surface area contributed by atoms with Crippen molar-refractivity contribution in [1.82, 2.24) is 14.7 Å². The van der Waals surface area contributed by atoms with Gasteiger partial charge in [-0.3, -0.25) is 9.59 Å². The molecule has 0 atom stereocenters. The number of benzene rings is 2. The van der Waals surface area contributed by atoms with Crippen LogP contribution in [0.5, 0.6) is 0 Å². The third-order valence-electron chi connectivity index (χ3n) is 4.76. The highest BCUT2D eigenvalue weighted by Gasteiger charge is 2.16. The van der Waals surface area contributed by atoms with E-state index in [9.17, 15) is 9.59 Å². The van der Waals surface area contributed by atoms with Gasteiger partial charge in [-0.15, -0.1) is 0 Å². The molecule has 1 N–H and O–H groups in total. The average Bonchev–Trinajstić information content (AvgIpc) is 3.23. The van der Waals surface area contributed by atoms with Crippen LogP contribution in [0.2, 0.25) is 0 Å². The van der Waals surface area contributed by atoms with Crippen LogP contribution in [0, 0.1) is 13.8 Å². The lowest BCUT2D eigenvalue weighted by Crippen LogP contribution is -2.28. The molecular formula is C23H19BrN4O3. The second kappa shape index (κ2) is 8.69. The van der Waals surface area contributed by atoms with E-state index >= 15 is 0 Å². The third-order valence-corrected chi connectivity index (χ3v) is 5.29. The second-order valence-corrected chi connectivity index (χ2v) is 8.07. The first-order valence-electron chi connectivity index (χ1n) is 9.57. The van der Waals surface area contributed by atoms with Crippen molar-refractivity contribution < 1.29 is 9.32 Å². The molecule has 0 aliphatic carbocycles. The van der Waals surface area contributed by atoms with E-state index in [1.807, 2.05) is 56.3 Å². The topological polar surface area (TPSA) is 90.0 Å². The number of aryl methyl sites for hydroxylation is 2. The molecule has 4 rings (SSSR count). The molecule has 0 aliphatic heterocycles. The van der Waals surface area contributed by atoms with Crippen LogP contribution in [-0.4, -0.2) is 20.6 Å². The summed E-state index contributed by atoms with van der Waals surface area (Å²) in [6.45, 7) is 3.74. The summed E-state index contributed by atoms with van der Waals surface area (Å²) in [4.78, 5) is 29.8. The van der Waals surface area contributed by atoms with Crippen LogP contribution in [0.4, 0.5) is 5.69 Å². The molecule has 2 aromatic carbocycles. The molecule has 0 spiro atoms. The number of nitrogens with zero attached hydrogens (tertiary/aromatic N) is 3. The van der Waals surface area contributed by atoms with Crippen LogP contribution < -0.4 is 10.9 Å². The number of halogens is 1. The van der Waals surface area contributed by atoms with E-state index < -0.39 is 0 Å². The SMILES string of the molecule is Cc1ccc(C)c(NC(=O)Cn2cccc(-c3nc(-c4ccc(Br)cc4)no3)c2=O)c1. The van der Waals surface area contributed by atoms with Gasteiger partial charge in [0.2, 0.25) is 11.7 Å². The number of hydrogen-bond acceptors (Lipinski definition) is 5. The molecule has 1 amide bonds. The predicted molar refractivity (Wildman–Crippen MR) is 122 cm³/mol. The van der Waals surface area contributed by atoms with E-state index in [-0.39, 0.29) is 29.5 Å². The molecule has 2 heterocycles. The fourth-order valence-corrected chi connectivity index (χ4v) is 3.35. The number of hydrogen-bond donors (Lipinski definition) is 1. The summed E-state index contributed by atoms with van der Waals surface area (Å²) in [5.74, 6) is 0.186. The molecule has 31 heavy (non-hydrogen) atoms. The molecule has 2 aromatic heterocycles. The van der Waals surface area contributed by atoms with E-state index in [4.69, 9.17) is 4.52 Å². The van der Waals surface area contributed by atoms with Gasteiger partial charge in [0.1, 0.15) is 12.1 Å². The molecule has 0 bridgehead atoms. The number of pyridine rings is 1. The van der Waals surface area contributed by atoms with E-state index in [1.54, 1.807) is 18.3 Å². The fraction of sp³-hybridized carbons (Fsp3) is 0.130. The van der Waals surface area contributed by atoms with Crippen molar-refractivity contribution in [2.45, 2.75) is 20.4 Å². The lowest BCUT2D eigenvalue weighted by atomic mass is 10.1. The zero-order valence-electron chi connectivity index (χ0n) is 16.9. The van der Waals surface area contributed by atoms with Gasteiger partial charge in [-0.25, -0.2) is 0 Å². The van der Waals surface area contributed by atoms with Crippen molar-refractivity contribution in [2.75, 3.05) is 5.32 Å². The number of carbonyl (C=O) groups excluding carboxylic acids is 1. The molecule has 4 aromatic rings. The van der Waals surface area contributed by atoms with E-state index in [0.717, 1.165) is 26.9 Å². The smallest absolute Gasteiger partial charge is 0.263 e. The van der Waals surface area contributed by atoms with Crippen molar-refractivity contribution >= 4 is 27.5 Å². The highest BCUT2D eigenvalue weighted by molar-refractivity contribution is 9.10. The maximum Gasteiger partial charge on any atom is 0.263 e. The summed E-state index contributed by atoms with van der Waals surface area (Å²) in [7, 11) is 0. The first-order valence-corrected chi connectivity index (χ1v) is 10.4. The molecule has 0 fully saturated rings. The Bertz CT molecular complexity index is 1310. The van der Waals surface area contributed by atoms with Gasteiger partial charge in [0.25, 0.3) is 11.4 Å². The van der Waals surface area contributed by atoms with Crippen LogP contribution in [0.15, 0.2) is 74.6 Å². The highest BCUT2D eigenvalue weighted by Crippen LogP contribution is 2.22. The van der Waals surface area contributed by atoms with Gasteiger partial charge in [-0.2, -0.15) is 4.98 Å². The Balaban J connectivity index is 1.56. The van der Waals surface area contributed by atoms with E-state index in [0.29, 0.717) is 5.82 Å². The van der Waals surface area contributed by atoms with Crippen LogP contribution in [-0.2, 0) is 11.3 Å². The first-order chi connectivity index (χ1) is 14.9. The first kappa shape index (κ1) is 20.7. The van der Waals surface area contributed by atoms with Gasteiger partial charge in [0, 0.05) is 21.9 Å². The van der Waals surface area contributed by atoms with Gasteiger partial charge in [-0.05, 0) is 67.4 Å². The number of carbonyl (C=O) groups is 1. The molecule has 156 valence electrons. The molecule has 0 aliphatic rings. The van der Waals surface area contributed by atoms with Gasteiger partial charge in [-0.1, -0.05) is 33.2 Å². The van der Waals surface area contributed by atoms with Crippen molar-refractivity contribution in [3.05, 3.63) is 86.7 Å². The minimum absolute atomic E-state index is 0.104. The average molecular weight is 479 g/mol. The highest BCUT2D eigenvalue weighted by atomic mass is 79.9. The Labute approximate surface area is 186 Å². The molecular weight excluding hydrogens is 460 g/mol. The van der Waals surface area contributed by atoms with E-state index in [1.165, 1.54) is 4.57 Å². The Morgan fingerprint density at radius 2 is 1.90 bits per heavy atom. The fourth-order valence-electron chi connectivity index (χ4n) is 3.09. The Kier molecular flexibility index (Phi) is 5.81. The van der Waals surface area contributed by atoms with Crippen LogP contribution in [0.25, 0.3) is 22.8 Å². The Morgan fingerprint density at radius 1 is 1.13 bits per heavy atom. The zero-order valence-corrected chi connectivity index (χ0v) is 18.5. The molecule has 8 heteroatoms. The lowest BCUT2D eigenvalue weighted by molar-refractivity contribution is -0.116. The molecule has 0 radical (unpaired) electrons. The zero-order chi connectivity index (χ0) is 22.0. The van der Waals surface area contributed by atoms with Crippen LogP contribution in [0.3, 0.4) is 0 Å². The number of rotatable bonds is 5. The second-order valence-electron chi connectivity index (χ2n) is 7.15. The van der Waals surface area contributed by atoms with Crippen LogP contribution in [0.1, 0.15) is 11.1 Å². The van der Waals surface area contributed by atoms with Gasteiger partial charge >= 0.3 is 0 Å². The summed E-state index contributed by atoms with van der Waals surface area (Å²) >= 11 is 3.38. The summed E-state index contributed by atoms with van der Waals surface area (Å²) in [6.07, 6.45) is 1.56. The standard InChI is InChI=1S/C23H19BrN4O3/c1-14-5-6-15(2)19(12-14)25-20(29)13-28-11-3-4-18(23(28)30)22-26-21(27-31-22)16-7-9-17(24)10-8-16/h3-12H,13H2,1-2H3,(H,25,29). The Hall–Kier alpha value is -3.52. The van der Waals surface area contributed by atoms with Gasteiger partial charge in [0.05, 0.1) is 0 Å². The summed E-state index contributed by atoms with van der Waals surface area (Å²) in [5.41, 5.74) is 3.33. The maximum absolute atomic E-state index is 12.9. The van der Waals surface area contributed by atoms with Crippen LogP contribution >= 0.6 is 15.9 Å². The minimum atomic E-state index is -0.385. The maximum atomic E-state index is 12.9. The normalized spacial score (nSPS) is 10.8.